The zero-order chi connectivity index (χ0) is 22.0. The van der Waals surface area contributed by atoms with Crippen molar-refractivity contribution in [2.24, 2.45) is 26.8 Å². The molecule has 0 fully saturated rings. The van der Waals surface area contributed by atoms with E-state index in [4.69, 9.17) is 11.6 Å². The summed E-state index contributed by atoms with van der Waals surface area (Å²) in [6, 6.07) is -0.457. The third-order valence-electron chi connectivity index (χ3n) is 4.90. The summed E-state index contributed by atoms with van der Waals surface area (Å²) in [5.41, 5.74) is 1.24. The first-order valence-electron chi connectivity index (χ1n) is 8.86. The van der Waals surface area contributed by atoms with Gasteiger partial charge in [0.2, 0.25) is 5.91 Å². The van der Waals surface area contributed by atoms with Crippen molar-refractivity contribution in [1.82, 2.24) is 5.32 Å². The Kier molecular flexibility index (Phi) is 6.01. The quantitative estimate of drug-likeness (QED) is 0.522. The van der Waals surface area contributed by atoms with Crippen LogP contribution in [0.5, 0.6) is 0 Å². The van der Waals surface area contributed by atoms with Gasteiger partial charge < -0.3 is 5.32 Å². The SMILES string of the molecule is CC1=CC2N=CN=C(Cl)C2C=C1[N+](=O)[O-].CC1=CC2N=CNC(=O)C2C=C1[N+](=O)[O-]. The minimum absolute atomic E-state index is 0.0106. The lowest BCUT2D eigenvalue weighted by Crippen LogP contribution is -2.41. The average Bonchev–Trinajstić information content (AvgIpc) is 2.67. The van der Waals surface area contributed by atoms with Crippen molar-refractivity contribution in [3.05, 3.63) is 67.1 Å². The highest BCUT2D eigenvalue weighted by atomic mass is 35.5. The Morgan fingerprint density at radius 1 is 0.933 bits per heavy atom. The number of nitrogens with zero attached hydrogens (tertiary/aromatic N) is 5. The van der Waals surface area contributed by atoms with Crippen LogP contribution in [0.25, 0.3) is 0 Å². The van der Waals surface area contributed by atoms with Crippen molar-refractivity contribution in [1.29, 1.82) is 0 Å². The first-order valence-corrected chi connectivity index (χ1v) is 9.23. The van der Waals surface area contributed by atoms with E-state index in [1.54, 1.807) is 26.0 Å². The molecule has 0 aromatic carbocycles. The van der Waals surface area contributed by atoms with Gasteiger partial charge in [-0.1, -0.05) is 11.6 Å². The first kappa shape index (κ1) is 21.2. The molecule has 30 heavy (non-hydrogen) atoms. The lowest BCUT2D eigenvalue weighted by molar-refractivity contribution is -0.421. The van der Waals surface area contributed by atoms with E-state index in [0.717, 1.165) is 0 Å². The van der Waals surface area contributed by atoms with Crippen LogP contribution in [0.15, 0.2) is 61.8 Å². The maximum absolute atomic E-state index is 11.4. The smallest absolute Gasteiger partial charge is 0.268 e. The molecule has 4 atom stereocenters. The largest absolute Gasteiger partial charge is 0.317 e. The molecule has 0 radical (unpaired) electrons. The fourth-order valence-electron chi connectivity index (χ4n) is 3.35. The molecule has 4 rings (SSSR count). The second-order valence-corrected chi connectivity index (χ2v) is 7.24. The number of hydrogen-bond acceptors (Lipinski definition) is 8. The standard InChI is InChI=1S/C9H8ClN3O2.C9H9N3O3/c1-5-2-7-6(3-8(5)13(14)15)9(10)12-4-11-7;1-5-2-7-6(3-8(5)12(14)15)9(13)11-4-10-7/h2-4,6-7H,1H3;2-4,6-7H,1H3,(H,10,11,13). The number of hydrogen-bond donors (Lipinski definition) is 1. The molecule has 2 heterocycles. The lowest BCUT2D eigenvalue weighted by atomic mass is 9.89. The van der Waals surface area contributed by atoms with Crippen molar-refractivity contribution < 1.29 is 14.6 Å². The molecule has 4 aliphatic rings. The number of halogens is 1. The number of amides is 1. The predicted molar refractivity (Wildman–Crippen MR) is 111 cm³/mol. The number of carbonyl (C=O) groups is 1. The molecular formula is C18H17ClN6O5. The summed E-state index contributed by atoms with van der Waals surface area (Å²) in [6.07, 6.45) is 9.00. The summed E-state index contributed by atoms with van der Waals surface area (Å²) in [5.74, 6) is -1.10. The highest BCUT2D eigenvalue weighted by Gasteiger charge is 2.35. The Morgan fingerprint density at radius 3 is 2.03 bits per heavy atom. The Hall–Kier alpha value is -3.47. The van der Waals surface area contributed by atoms with Crippen LogP contribution < -0.4 is 5.32 Å². The number of aliphatic imine (C=N–C) groups is 3. The van der Waals surface area contributed by atoms with Gasteiger partial charge >= 0.3 is 0 Å². The number of carbonyl (C=O) groups excluding carboxylic acids is 1. The summed E-state index contributed by atoms with van der Waals surface area (Å²) < 4.78 is 0. The Morgan fingerprint density at radius 2 is 1.47 bits per heavy atom. The molecule has 0 aromatic rings. The Balaban J connectivity index is 0.000000171. The molecule has 1 N–H and O–H groups in total. The van der Waals surface area contributed by atoms with Gasteiger partial charge in [-0.3, -0.25) is 35.0 Å². The molecule has 0 aromatic heterocycles. The molecule has 2 aliphatic heterocycles. The Labute approximate surface area is 175 Å². The highest BCUT2D eigenvalue weighted by Crippen LogP contribution is 2.29. The van der Waals surface area contributed by atoms with Crippen LogP contribution >= 0.6 is 11.6 Å². The van der Waals surface area contributed by atoms with Gasteiger partial charge in [-0.15, -0.1) is 0 Å². The van der Waals surface area contributed by atoms with E-state index in [-0.39, 0.29) is 35.3 Å². The second-order valence-electron chi connectivity index (χ2n) is 6.85. The van der Waals surface area contributed by atoms with Crippen LogP contribution in [0.2, 0.25) is 0 Å². The molecule has 12 heteroatoms. The van der Waals surface area contributed by atoms with Gasteiger partial charge in [-0.25, -0.2) is 4.99 Å². The molecule has 0 saturated heterocycles. The monoisotopic (exact) mass is 432 g/mol. The van der Waals surface area contributed by atoms with Crippen LogP contribution in [0.1, 0.15) is 13.8 Å². The van der Waals surface area contributed by atoms with E-state index in [0.29, 0.717) is 16.3 Å². The summed E-state index contributed by atoms with van der Waals surface area (Å²) in [6.45, 7) is 3.34. The maximum atomic E-state index is 11.4. The number of nitrogens with one attached hydrogen (secondary N) is 1. The van der Waals surface area contributed by atoms with E-state index in [9.17, 15) is 25.0 Å². The number of allylic oxidation sites excluding steroid dienone is 2. The number of fused-ring (bicyclic) bond motifs is 2. The summed E-state index contributed by atoms with van der Waals surface area (Å²) in [5, 5.41) is 24.2. The zero-order valence-corrected chi connectivity index (χ0v) is 16.7. The maximum Gasteiger partial charge on any atom is 0.268 e. The number of rotatable bonds is 2. The summed E-state index contributed by atoms with van der Waals surface area (Å²) >= 11 is 5.87. The highest BCUT2D eigenvalue weighted by molar-refractivity contribution is 6.66. The van der Waals surface area contributed by atoms with Crippen LogP contribution in [-0.2, 0) is 4.79 Å². The van der Waals surface area contributed by atoms with E-state index >= 15 is 0 Å². The molecule has 0 spiro atoms. The molecule has 0 saturated carbocycles. The van der Waals surface area contributed by atoms with E-state index in [1.165, 1.54) is 24.8 Å². The second kappa shape index (κ2) is 8.49. The number of nitro groups is 2. The summed E-state index contributed by atoms with van der Waals surface area (Å²) in [7, 11) is 0. The zero-order valence-electron chi connectivity index (χ0n) is 15.9. The van der Waals surface area contributed by atoms with E-state index in [2.05, 4.69) is 20.3 Å². The van der Waals surface area contributed by atoms with Gasteiger partial charge in [0.1, 0.15) is 11.5 Å². The molecule has 11 nitrogen and oxygen atoms in total. The van der Waals surface area contributed by atoms with E-state index in [1.807, 2.05) is 0 Å². The minimum Gasteiger partial charge on any atom is -0.317 e. The normalized spacial score (nSPS) is 28.8. The first-order chi connectivity index (χ1) is 14.2. The topological polar surface area (TPSA) is 152 Å². The predicted octanol–water partition coefficient (Wildman–Crippen LogP) is 2.02. The van der Waals surface area contributed by atoms with Gasteiger partial charge in [0, 0.05) is 23.3 Å². The van der Waals surface area contributed by atoms with Crippen molar-refractivity contribution in [3.8, 4) is 0 Å². The molecule has 4 unspecified atom stereocenters. The molecule has 2 aliphatic carbocycles. The fraction of sp³-hybridized carbons (Fsp3) is 0.333. The molecule has 1 amide bonds. The van der Waals surface area contributed by atoms with Crippen molar-refractivity contribution in [2.75, 3.05) is 0 Å². The van der Waals surface area contributed by atoms with Gasteiger partial charge in [-0.05, 0) is 26.0 Å². The van der Waals surface area contributed by atoms with Gasteiger partial charge in [0.15, 0.2) is 0 Å². The summed E-state index contributed by atoms with van der Waals surface area (Å²) in [4.78, 5) is 43.9. The fourth-order valence-corrected chi connectivity index (χ4v) is 3.58. The van der Waals surface area contributed by atoms with Crippen LogP contribution in [0.3, 0.4) is 0 Å². The van der Waals surface area contributed by atoms with Gasteiger partial charge in [0.05, 0.1) is 40.1 Å². The van der Waals surface area contributed by atoms with Crippen molar-refractivity contribution >= 4 is 35.4 Å². The van der Waals surface area contributed by atoms with Gasteiger partial charge in [0.25, 0.3) is 11.4 Å². The Bertz CT molecular complexity index is 1000. The molecular weight excluding hydrogens is 416 g/mol. The third kappa shape index (κ3) is 4.25. The average molecular weight is 433 g/mol. The molecule has 156 valence electrons. The van der Waals surface area contributed by atoms with Crippen LogP contribution in [-0.4, -0.2) is 45.7 Å². The van der Waals surface area contributed by atoms with Crippen LogP contribution in [0.4, 0.5) is 0 Å². The minimum atomic E-state index is -0.556. The van der Waals surface area contributed by atoms with E-state index < -0.39 is 15.8 Å². The van der Waals surface area contributed by atoms with Crippen molar-refractivity contribution in [2.45, 2.75) is 25.9 Å². The lowest BCUT2D eigenvalue weighted by Gasteiger charge is -2.24. The van der Waals surface area contributed by atoms with Gasteiger partial charge in [-0.2, -0.15) is 0 Å². The van der Waals surface area contributed by atoms with Crippen molar-refractivity contribution in [3.63, 3.8) is 0 Å². The third-order valence-corrected chi connectivity index (χ3v) is 5.25. The van der Waals surface area contributed by atoms with Crippen LogP contribution in [0, 0.1) is 32.1 Å². The molecule has 0 bridgehead atoms.